The molecule has 0 atom stereocenters. The zero-order valence-corrected chi connectivity index (χ0v) is 11.5. The first-order valence-electron chi connectivity index (χ1n) is 6.11. The second kappa shape index (κ2) is 5.56. The van der Waals surface area contributed by atoms with E-state index in [1.807, 2.05) is 34.6 Å². The molecule has 0 aliphatic heterocycles. The summed E-state index contributed by atoms with van der Waals surface area (Å²) in [5, 5.41) is 0. The predicted molar refractivity (Wildman–Crippen MR) is 68.9 cm³/mol. The molecule has 0 bridgehead atoms. The molecule has 1 heterocycles. The van der Waals surface area contributed by atoms with Crippen LogP contribution in [-0.4, -0.2) is 23.1 Å². The van der Waals surface area contributed by atoms with Gasteiger partial charge in [-0.2, -0.15) is 0 Å². The van der Waals surface area contributed by atoms with Crippen molar-refractivity contribution in [3.63, 3.8) is 0 Å². The fourth-order valence-electron chi connectivity index (χ4n) is 1.94. The highest BCUT2D eigenvalue weighted by atomic mass is 16.5. The summed E-state index contributed by atoms with van der Waals surface area (Å²) in [5.41, 5.74) is 8.32. The first-order valence-corrected chi connectivity index (χ1v) is 6.11. The van der Waals surface area contributed by atoms with Crippen LogP contribution in [0.1, 0.15) is 43.5 Å². The van der Waals surface area contributed by atoms with Crippen molar-refractivity contribution in [2.45, 2.75) is 46.6 Å². The minimum absolute atomic E-state index is 0.439. The average Bonchev–Trinajstić information content (AvgIpc) is 2.23. The van der Waals surface area contributed by atoms with E-state index < -0.39 is 5.60 Å². The molecule has 0 unspecified atom stereocenters. The molecule has 0 fully saturated rings. The first kappa shape index (κ1) is 14.1. The predicted octanol–water partition coefficient (Wildman–Crippen LogP) is 1.87. The van der Waals surface area contributed by atoms with Crippen LogP contribution in [0, 0.1) is 13.8 Å². The molecule has 2 N–H and O–H groups in total. The van der Waals surface area contributed by atoms with E-state index >= 15 is 0 Å². The van der Waals surface area contributed by atoms with Gasteiger partial charge in [0, 0.05) is 18.0 Å². The summed E-state index contributed by atoms with van der Waals surface area (Å²) in [6.45, 7) is 11.2. The number of hydrogen-bond acceptors (Lipinski definition) is 4. The lowest BCUT2D eigenvalue weighted by molar-refractivity contribution is -0.0210. The van der Waals surface area contributed by atoms with Gasteiger partial charge in [0.25, 0.3) is 0 Å². The van der Waals surface area contributed by atoms with Gasteiger partial charge in [0.2, 0.25) is 0 Å². The molecule has 1 rings (SSSR count). The lowest BCUT2D eigenvalue weighted by Crippen LogP contribution is -2.26. The second-order valence-corrected chi connectivity index (χ2v) is 4.68. The molecular formula is C13H23N3O. The van der Waals surface area contributed by atoms with Crippen molar-refractivity contribution in [2.24, 2.45) is 5.73 Å². The van der Waals surface area contributed by atoms with Gasteiger partial charge in [-0.05, 0) is 53.1 Å². The third kappa shape index (κ3) is 3.23. The molecule has 1 aromatic heterocycles. The van der Waals surface area contributed by atoms with E-state index in [1.165, 1.54) is 0 Å². The van der Waals surface area contributed by atoms with Crippen molar-refractivity contribution in [1.29, 1.82) is 0 Å². The molecule has 4 nitrogen and oxygen atoms in total. The summed E-state index contributed by atoms with van der Waals surface area (Å²) < 4.78 is 5.68. The Morgan fingerprint density at radius 2 is 1.71 bits per heavy atom. The van der Waals surface area contributed by atoms with E-state index in [2.05, 4.69) is 9.97 Å². The van der Waals surface area contributed by atoms with Gasteiger partial charge in [-0.25, -0.2) is 9.97 Å². The van der Waals surface area contributed by atoms with E-state index in [0.717, 1.165) is 29.2 Å². The van der Waals surface area contributed by atoms with Crippen molar-refractivity contribution < 1.29 is 4.74 Å². The number of aryl methyl sites for hydroxylation is 2. The molecular weight excluding hydrogens is 214 g/mol. The number of aromatic nitrogens is 2. The summed E-state index contributed by atoms with van der Waals surface area (Å²) in [5.74, 6) is 0.745. The number of ether oxygens (including phenoxy) is 1. The number of nitrogens with two attached hydrogens (primary N) is 1. The Morgan fingerprint density at radius 3 is 2.12 bits per heavy atom. The molecule has 0 saturated heterocycles. The smallest absolute Gasteiger partial charge is 0.160 e. The molecule has 96 valence electrons. The summed E-state index contributed by atoms with van der Waals surface area (Å²) in [6.07, 6.45) is 0.826. The van der Waals surface area contributed by atoms with E-state index in [4.69, 9.17) is 10.5 Å². The molecule has 0 aliphatic carbocycles. The van der Waals surface area contributed by atoms with Gasteiger partial charge < -0.3 is 10.5 Å². The summed E-state index contributed by atoms with van der Waals surface area (Å²) in [6, 6.07) is 0. The first-order chi connectivity index (χ1) is 7.92. The monoisotopic (exact) mass is 237 g/mol. The standard InChI is InChI=1S/C13H23N3O/c1-6-17-13(4,5)12-15-9(2)11(7-8-14)10(3)16-12/h6-8,14H2,1-5H3. The summed E-state index contributed by atoms with van der Waals surface area (Å²) >= 11 is 0. The number of hydrogen-bond donors (Lipinski definition) is 1. The van der Waals surface area contributed by atoms with Crippen LogP contribution in [-0.2, 0) is 16.8 Å². The van der Waals surface area contributed by atoms with Gasteiger partial charge in [-0.15, -0.1) is 0 Å². The van der Waals surface area contributed by atoms with Crippen molar-refractivity contribution in [2.75, 3.05) is 13.2 Å². The lowest BCUT2D eigenvalue weighted by atomic mass is 10.1. The third-order valence-electron chi connectivity index (χ3n) is 2.86. The fraction of sp³-hybridized carbons (Fsp3) is 0.692. The normalized spacial score (nSPS) is 11.9. The Labute approximate surface area is 104 Å². The van der Waals surface area contributed by atoms with Gasteiger partial charge in [-0.1, -0.05) is 0 Å². The molecule has 0 aromatic carbocycles. The molecule has 17 heavy (non-hydrogen) atoms. The van der Waals surface area contributed by atoms with Crippen molar-refractivity contribution in [3.8, 4) is 0 Å². The Kier molecular flexibility index (Phi) is 4.60. The Balaban J connectivity index is 3.13. The minimum Gasteiger partial charge on any atom is -0.368 e. The van der Waals surface area contributed by atoms with E-state index in [9.17, 15) is 0 Å². The highest BCUT2D eigenvalue weighted by Gasteiger charge is 2.25. The fourth-order valence-corrected chi connectivity index (χ4v) is 1.94. The maximum absolute atomic E-state index is 5.68. The molecule has 1 aromatic rings. The topological polar surface area (TPSA) is 61.0 Å². The van der Waals surface area contributed by atoms with Gasteiger partial charge >= 0.3 is 0 Å². The Hall–Kier alpha value is -1.00. The van der Waals surface area contributed by atoms with Crippen molar-refractivity contribution >= 4 is 0 Å². The van der Waals surface area contributed by atoms with E-state index in [0.29, 0.717) is 13.2 Å². The minimum atomic E-state index is -0.439. The maximum atomic E-state index is 5.68. The van der Waals surface area contributed by atoms with E-state index in [1.54, 1.807) is 0 Å². The summed E-state index contributed by atoms with van der Waals surface area (Å²) in [4.78, 5) is 9.10. The van der Waals surface area contributed by atoms with Gasteiger partial charge in [0.1, 0.15) is 5.60 Å². The maximum Gasteiger partial charge on any atom is 0.160 e. The van der Waals surface area contributed by atoms with Crippen molar-refractivity contribution in [1.82, 2.24) is 9.97 Å². The number of nitrogens with zero attached hydrogens (tertiary/aromatic N) is 2. The van der Waals surface area contributed by atoms with Crippen LogP contribution < -0.4 is 5.73 Å². The average molecular weight is 237 g/mol. The van der Waals surface area contributed by atoms with Gasteiger partial charge in [0.05, 0.1) is 0 Å². The van der Waals surface area contributed by atoms with Crippen LogP contribution in [0.3, 0.4) is 0 Å². The van der Waals surface area contributed by atoms with Crippen LogP contribution in [0.5, 0.6) is 0 Å². The van der Waals surface area contributed by atoms with Crippen LogP contribution in [0.15, 0.2) is 0 Å². The lowest BCUT2D eigenvalue weighted by Gasteiger charge is -2.24. The van der Waals surface area contributed by atoms with Crippen LogP contribution >= 0.6 is 0 Å². The van der Waals surface area contributed by atoms with Crippen LogP contribution in [0.25, 0.3) is 0 Å². The molecule has 0 saturated carbocycles. The molecule has 4 heteroatoms. The van der Waals surface area contributed by atoms with Gasteiger partial charge in [-0.3, -0.25) is 0 Å². The van der Waals surface area contributed by atoms with Gasteiger partial charge in [0.15, 0.2) is 5.82 Å². The highest BCUT2D eigenvalue weighted by Crippen LogP contribution is 2.23. The third-order valence-corrected chi connectivity index (χ3v) is 2.86. The highest BCUT2D eigenvalue weighted by molar-refractivity contribution is 5.25. The molecule has 0 aliphatic rings. The quantitative estimate of drug-likeness (QED) is 0.849. The Morgan fingerprint density at radius 1 is 1.18 bits per heavy atom. The Bertz CT molecular complexity index is 365. The second-order valence-electron chi connectivity index (χ2n) is 4.68. The van der Waals surface area contributed by atoms with Crippen LogP contribution in [0.2, 0.25) is 0 Å². The summed E-state index contributed by atoms with van der Waals surface area (Å²) in [7, 11) is 0. The zero-order chi connectivity index (χ0) is 13.1. The SMILES string of the molecule is CCOC(C)(C)c1nc(C)c(CCN)c(C)n1. The van der Waals surface area contributed by atoms with Crippen LogP contribution in [0.4, 0.5) is 0 Å². The molecule has 0 spiro atoms. The molecule has 0 radical (unpaired) electrons. The van der Waals surface area contributed by atoms with Crippen molar-refractivity contribution in [3.05, 3.63) is 22.8 Å². The number of rotatable bonds is 5. The zero-order valence-electron chi connectivity index (χ0n) is 11.5. The largest absolute Gasteiger partial charge is 0.368 e. The molecule has 0 amide bonds. The van der Waals surface area contributed by atoms with E-state index in [-0.39, 0.29) is 0 Å².